The smallest absolute Gasteiger partial charge is 0.377 e. The molecule has 1 N–H and O–H groups in total. The topological polar surface area (TPSA) is 80.9 Å². The van der Waals surface area contributed by atoms with Gasteiger partial charge in [0, 0.05) is 0 Å². The molecule has 1 aromatic heterocycles. The maximum absolute atomic E-state index is 10.8. The summed E-state index contributed by atoms with van der Waals surface area (Å²) in [5, 5.41) is 20.2. The minimum absolute atomic E-state index is 0.191. The molecule has 0 aliphatic heterocycles. The first kappa shape index (κ1) is 11.4. The third kappa shape index (κ3) is 1.84. The Morgan fingerprint density at radius 3 is 2.32 bits per heavy atom. The van der Waals surface area contributed by atoms with Crippen LogP contribution >= 0.6 is 0 Å². The molecule has 0 saturated heterocycles. The molecule has 1 heterocycles. The Bertz CT molecular complexity index is 484. The van der Waals surface area contributed by atoms with E-state index in [-0.39, 0.29) is 5.82 Å². The summed E-state index contributed by atoms with van der Waals surface area (Å²) in [6, 6.07) is 0. The van der Waals surface area contributed by atoms with Gasteiger partial charge in [0.25, 0.3) is 5.82 Å². The highest BCUT2D eigenvalue weighted by Gasteiger charge is 2.48. The van der Waals surface area contributed by atoms with Gasteiger partial charge in [0.2, 0.25) is 0 Å². The molecule has 0 radical (unpaired) electrons. The number of aromatic nitrogens is 4. The molecule has 4 fully saturated rings. The Hall–Kier alpha value is -1.46. The molecule has 4 aliphatic rings. The number of carboxylic acid groups (broad SMARTS) is 1. The zero-order valence-corrected chi connectivity index (χ0v) is 10.8. The van der Waals surface area contributed by atoms with Gasteiger partial charge in [0.05, 0.1) is 6.54 Å². The van der Waals surface area contributed by atoms with Crippen molar-refractivity contribution in [2.24, 2.45) is 29.6 Å². The normalized spacial score (nSPS) is 39.7. The highest BCUT2D eigenvalue weighted by molar-refractivity contribution is 5.82. The van der Waals surface area contributed by atoms with Crippen molar-refractivity contribution < 1.29 is 9.90 Å². The monoisotopic (exact) mass is 262 g/mol. The Balaban J connectivity index is 1.51. The summed E-state index contributed by atoms with van der Waals surface area (Å²) in [6.07, 6.45) is 6.89. The van der Waals surface area contributed by atoms with Gasteiger partial charge < -0.3 is 5.11 Å². The first-order valence-electron chi connectivity index (χ1n) is 7.20. The van der Waals surface area contributed by atoms with Crippen molar-refractivity contribution in [1.82, 2.24) is 20.2 Å². The van der Waals surface area contributed by atoms with Crippen LogP contribution in [0.1, 0.15) is 42.7 Å². The highest BCUT2D eigenvalue weighted by atomic mass is 16.4. The van der Waals surface area contributed by atoms with Gasteiger partial charge in [-0.25, -0.2) is 4.79 Å². The van der Waals surface area contributed by atoms with E-state index in [0.717, 1.165) is 30.2 Å². The Kier molecular flexibility index (Phi) is 2.40. The fourth-order valence-electron chi connectivity index (χ4n) is 4.93. The van der Waals surface area contributed by atoms with E-state index < -0.39 is 5.97 Å². The fourth-order valence-corrected chi connectivity index (χ4v) is 4.93. The van der Waals surface area contributed by atoms with E-state index >= 15 is 0 Å². The van der Waals surface area contributed by atoms with Gasteiger partial charge in [0.1, 0.15) is 0 Å². The van der Waals surface area contributed by atoms with Crippen LogP contribution in [0.25, 0.3) is 0 Å². The molecule has 1 aromatic rings. The number of hydrogen-bond donors (Lipinski definition) is 1. The molecule has 4 saturated carbocycles. The van der Waals surface area contributed by atoms with Crippen LogP contribution in [-0.4, -0.2) is 31.3 Å². The lowest BCUT2D eigenvalue weighted by atomic mass is 9.52. The summed E-state index contributed by atoms with van der Waals surface area (Å²) in [5.74, 6) is 2.85. The SMILES string of the molecule is O=C(O)c1nnn(CC2C3CC4CC(C3)CC2C4)n1. The van der Waals surface area contributed by atoms with Crippen molar-refractivity contribution in [3.8, 4) is 0 Å². The third-order valence-corrected chi connectivity index (χ3v) is 5.44. The molecule has 102 valence electrons. The fraction of sp³-hybridized carbons (Fsp3) is 0.846. The molecular formula is C13H18N4O2. The lowest BCUT2D eigenvalue weighted by Gasteiger charge is -2.54. The van der Waals surface area contributed by atoms with Crippen molar-refractivity contribution in [2.45, 2.75) is 38.6 Å². The van der Waals surface area contributed by atoms with E-state index in [1.807, 2.05) is 0 Å². The van der Waals surface area contributed by atoms with Crippen molar-refractivity contribution in [3.05, 3.63) is 5.82 Å². The van der Waals surface area contributed by atoms with Crippen LogP contribution in [0.5, 0.6) is 0 Å². The molecule has 19 heavy (non-hydrogen) atoms. The second-order valence-corrected chi connectivity index (χ2v) is 6.57. The molecule has 5 rings (SSSR count). The minimum atomic E-state index is -1.10. The van der Waals surface area contributed by atoms with Crippen LogP contribution < -0.4 is 0 Å². The lowest BCUT2D eigenvalue weighted by molar-refractivity contribution is -0.0459. The van der Waals surface area contributed by atoms with Crippen LogP contribution in [0.4, 0.5) is 0 Å². The zero-order chi connectivity index (χ0) is 13.0. The van der Waals surface area contributed by atoms with Gasteiger partial charge in [-0.15, -0.1) is 10.2 Å². The van der Waals surface area contributed by atoms with Crippen LogP contribution in [0, 0.1) is 29.6 Å². The molecule has 6 heteroatoms. The number of aromatic carboxylic acids is 1. The number of carbonyl (C=O) groups is 1. The van der Waals surface area contributed by atoms with Gasteiger partial charge >= 0.3 is 5.97 Å². The van der Waals surface area contributed by atoms with Gasteiger partial charge in [0.15, 0.2) is 0 Å². The Morgan fingerprint density at radius 2 is 1.79 bits per heavy atom. The molecule has 0 unspecified atom stereocenters. The van der Waals surface area contributed by atoms with Crippen molar-refractivity contribution >= 4 is 5.97 Å². The minimum Gasteiger partial charge on any atom is -0.475 e. The first-order chi connectivity index (χ1) is 9.19. The van der Waals surface area contributed by atoms with E-state index in [4.69, 9.17) is 5.11 Å². The lowest BCUT2D eigenvalue weighted by Crippen LogP contribution is -2.46. The van der Waals surface area contributed by atoms with E-state index in [1.165, 1.54) is 36.9 Å². The summed E-state index contributed by atoms with van der Waals surface area (Å²) < 4.78 is 0. The Labute approximate surface area is 111 Å². The number of nitrogens with zero attached hydrogens (tertiary/aromatic N) is 4. The van der Waals surface area contributed by atoms with Gasteiger partial charge in [-0.1, -0.05) is 0 Å². The molecule has 0 spiro atoms. The summed E-state index contributed by atoms with van der Waals surface area (Å²) >= 11 is 0. The van der Waals surface area contributed by atoms with Crippen LogP contribution in [0.3, 0.4) is 0 Å². The average molecular weight is 262 g/mol. The summed E-state index contributed by atoms with van der Waals surface area (Å²) in [5.41, 5.74) is 0. The molecule has 0 atom stereocenters. The van der Waals surface area contributed by atoms with Crippen LogP contribution in [0.2, 0.25) is 0 Å². The standard InChI is InChI=1S/C13H18N4O2/c18-13(19)12-14-16-17(15-12)6-11-9-2-7-1-8(4-9)5-10(11)3-7/h7-11H,1-6H2,(H,18,19). The molecule has 0 amide bonds. The van der Waals surface area contributed by atoms with Gasteiger partial charge in [-0.2, -0.15) is 4.80 Å². The number of carboxylic acids is 1. The molecule has 6 nitrogen and oxygen atoms in total. The maximum Gasteiger partial charge on any atom is 0.377 e. The molecule has 4 aliphatic carbocycles. The predicted molar refractivity (Wildman–Crippen MR) is 65.3 cm³/mol. The van der Waals surface area contributed by atoms with E-state index in [1.54, 1.807) is 0 Å². The van der Waals surface area contributed by atoms with E-state index in [0.29, 0.717) is 5.92 Å². The van der Waals surface area contributed by atoms with E-state index in [2.05, 4.69) is 15.4 Å². The summed E-state index contributed by atoms with van der Waals surface area (Å²) in [4.78, 5) is 12.3. The largest absolute Gasteiger partial charge is 0.475 e. The Morgan fingerprint density at radius 1 is 1.16 bits per heavy atom. The first-order valence-corrected chi connectivity index (χ1v) is 7.20. The van der Waals surface area contributed by atoms with Crippen molar-refractivity contribution in [2.75, 3.05) is 0 Å². The second kappa shape index (κ2) is 4.02. The molecule has 0 aromatic carbocycles. The number of rotatable bonds is 3. The van der Waals surface area contributed by atoms with Crippen LogP contribution in [0.15, 0.2) is 0 Å². The summed E-state index contributed by atoms with van der Waals surface area (Å²) in [7, 11) is 0. The van der Waals surface area contributed by atoms with E-state index in [9.17, 15) is 4.79 Å². The zero-order valence-electron chi connectivity index (χ0n) is 10.8. The van der Waals surface area contributed by atoms with Gasteiger partial charge in [-0.05, 0) is 66.9 Å². The quantitative estimate of drug-likeness (QED) is 0.891. The third-order valence-electron chi connectivity index (χ3n) is 5.44. The van der Waals surface area contributed by atoms with Gasteiger partial charge in [-0.3, -0.25) is 0 Å². The number of hydrogen-bond acceptors (Lipinski definition) is 4. The van der Waals surface area contributed by atoms with Crippen molar-refractivity contribution in [1.29, 1.82) is 0 Å². The molecule has 4 bridgehead atoms. The second-order valence-electron chi connectivity index (χ2n) is 6.57. The molecular weight excluding hydrogens is 244 g/mol. The number of tetrazole rings is 1. The van der Waals surface area contributed by atoms with Crippen molar-refractivity contribution in [3.63, 3.8) is 0 Å². The maximum atomic E-state index is 10.8. The van der Waals surface area contributed by atoms with Crippen LogP contribution in [-0.2, 0) is 6.54 Å². The highest BCUT2D eigenvalue weighted by Crippen LogP contribution is 2.56. The average Bonchev–Trinajstić information content (AvgIpc) is 2.81. The predicted octanol–water partition coefficient (Wildman–Crippen LogP) is 1.44. The summed E-state index contributed by atoms with van der Waals surface area (Å²) in [6.45, 7) is 0.745.